The third-order valence-electron chi connectivity index (χ3n) is 4.55. The van der Waals surface area contributed by atoms with Crippen LogP contribution in [-0.2, 0) is 22.6 Å². The molecular formula is C21H27N3O3. The number of carbonyl (C=O) groups excluding carboxylic acids is 2. The van der Waals surface area contributed by atoms with Crippen LogP contribution in [0.1, 0.15) is 50.1 Å². The molecule has 0 radical (unpaired) electrons. The molecule has 144 valence electrons. The molecule has 0 aliphatic heterocycles. The Balaban J connectivity index is 2.11. The molecular weight excluding hydrogens is 342 g/mol. The molecule has 0 spiro atoms. The lowest BCUT2D eigenvalue weighted by Crippen LogP contribution is -2.35. The zero-order valence-electron chi connectivity index (χ0n) is 16.3. The van der Waals surface area contributed by atoms with Crippen molar-refractivity contribution >= 4 is 17.5 Å². The van der Waals surface area contributed by atoms with Crippen molar-refractivity contribution in [1.29, 1.82) is 0 Å². The van der Waals surface area contributed by atoms with E-state index >= 15 is 0 Å². The maximum Gasteiger partial charge on any atom is 0.274 e. The van der Waals surface area contributed by atoms with Crippen LogP contribution >= 0.6 is 0 Å². The SMILES string of the molecule is CCC(=O)Nc1ccc(C)n(CC(=O)NC(C)c2ccc(CC)cc2)c1=O. The lowest BCUT2D eigenvalue weighted by atomic mass is 10.1. The molecule has 0 saturated heterocycles. The van der Waals surface area contributed by atoms with Gasteiger partial charge in [0.2, 0.25) is 11.8 Å². The van der Waals surface area contributed by atoms with Gasteiger partial charge in [0.15, 0.2) is 0 Å². The van der Waals surface area contributed by atoms with Gasteiger partial charge in [-0.3, -0.25) is 14.4 Å². The smallest absolute Gasteiger partial charge is 0.274 e. The van der Waals surface area contributed by atoms with Gasteiger partial charge >= 0.3 is 0 Å². The number of aromatic nitrogens is 1. The molecule has 0 saturated carbocycles. The molecule has 0 aliphatic rings. The Hall–Kier alpha value is -2.89. The van der Waals surface area contributed by atoms with E-state index in [1.54, 1.807) is 26.0 Å². The van der Waals surface area contributed by atoms with Gasteiger partial charge in [-0.2, -0.15) is 0 Å². The first-order chi connectivity index (χ1) is 12.8. The fourth-order valence-corrected chi connectivity index (χ4v) is 2.76. The van der Waals surface area contributed by atoms with E-state index in [-0.39, 0.29) is 42.1 Å². The zero-order valence-corrected chi connectivity index (χ0v) is 16.3. The van der Waals surface area contributed by atoms with Gasteiger partial charge < -0.3 is 15.2 Å². The van der Waals surface area contributed by atoms with E-state index in [9.17, 15) is 14.4 Å². The first-order valence-corrected chi connectivity index (χ1v) is 9.24. The van der Waals surface area contributed by atoms with Gasteiger partial charge in [0.1, 0.15) is 12.2 Å². The molecule has 6 heteroatoms. The van der Waals surface area contributed by atoms with E-state index in [1.807, 2.05) is 31.2 Å². The van der Waals surface area contributed by atoms with Crippen LogP contribution in [0.25, 0.3) is 0 Å². The normalized spacial score (nSPS) is 11.7. The largest absolute Gasteiger partial charge is 0.348 e. The van der Waals surface area contributed by atoms with Crippen molar-refractivity contribution in [2.45, 2.75) is 53.1 Å². The minimum absolute atomic E-state index is 0.0993. The van der Waals surface area contributed by atoms with Gasteiger partial charge in [0, 0.05) is 12.1 Å². The highest BCUT2D eigenvalue weighted by Crippen LogP contribution is 2.14. The summed E-state index contributed by atoms with van der Waals surface area (Å²) in [7, 11) is 0. The van der Waals surface area contributed by atoms with Crippen LogP contribution in [0.3, 0.4) is 0 Å². The summed E-state index contributed by atoms with van der Waals surface area (Å²) < 4.78 is 1.37. The van der Waals surface area contributed by atoms with E-state index in [0.29, 0.717) is 5.69 Å². The highest BCUT2D eigenvalue weighted by atomic mass is 16.2. The number of nitrogens with zero attached hydrogens (tertiary/aromatic N) is 1. The molecule has 2 rings (SSSR count). The number of anilines is 1. The quantitative estimate of drug-likeness (QED) is 0.787. The van der Waals surface area contributed by atoms with Crippen LogP contribution in [0.15, 0.2) is 41.2 Å². The Labute approximate surface area is 159 Å². The van der Waals surface area contributed by atoms with E-state index in [0.717, 1.165) is 12.0 Å². The summed E-state index contributed by atoms with van der Waals surface area (Å²) in [6, 6.07) is 11.2. The number of pyridine rings is 1. The summed E-state index contributed by atoms with van der Waals surface area (Å²) in [4.78, 5) is 36.6. The van der Waals surface area contributed by atoms with Gasteiger partial charge in [-0.05, 0) is 43.5 Å². The van der Waals surface area contributed by atoms with Crippen molar-refractivity contribution in [3.63, 3.8) is 0 Å². The molecule has 2 amide bonds. The fraction of sp³-hybridized carbons (Fsp3) is 0.381. The summed E-state index contributed by atoms with van der Waals surface area (Å²) >= 11 is 0. The van der Waals surface area contributed by atoms with Gasteiger partial charge in [-0.25, -0.2) is 0 Å². The Morgan fingerprint density at radius 2 is 1.70 bits per heavy atom. The molecule has 1 atom stereocenters. The predicted molar refractivity (Wildman–Crippen MR) is 107 cm³/mol. The summed E-state index contributed by atoms with van der Waals surface area (Å²) in [6.07, 6.45) is 1.25. The average Bonchev–Trinajstić information content (AvgIpc) is 2.67. The minimum atomic E-state index is -0.382. The molecule has 0 bridgehead atoms. The molecule has 27 heavy (non-hydrogen) atoms. The van der Waals surface area contributed by atoms with E-state index in [4.69, 9.17) is 0 Å². The third-order valence-corrected chi connectivity index (χ3v) is 4.55. The van der Waals surface area contributed by atoms with Crippen molar-refractivity contribution in [3.8, 4) is 0 Å². The molecule has 0 fully saturated rings. The Bertz CT molecular complexity index is 869. The monoisotopic (exact) mass is 369 g/mol. The van der Waals surface area contributed by atoms with Gasteiger partial charge in [-0.15, -0.1) is 0 Å². The summed E-state index contributed by atoms with van der Waals surface area (Å²) in [5.74, 6) is -0.498. The second kappa shape index (κ2) is 9.16. The molecule has 6 nitrogen and oxygen atoms in total. The van der Waals surface area contributed by atoms with E-state index in [2.05, 4.69) is 17.6 Å². The first kappa shape index (κ1) is 20.4. The van der Waals surface area contributed by atoms with Crippen molar-refractivity contribution in [3.05, 3.63) is 63.6 Å². The highest BCUT2D eigenvalue weighted by Gasteiger charge is 2.14. The first-order valence-electron chi connectivity index (χ1n) is 9.24. The Kier molecular flexibility index (Phi) is 6.93. The number of hydrogen-bond donors (Lipinski definition) is 2. The molecule has 0 aliphatic carbocycles. The summed E-state index contributed by atoms with van der Waals surface area (Å²) in [5.41, 5.74) is 2.71. The standard InChI is InChI=1S/C21H27N3O3/c1-5-16-8-10-17(11-9-16)15(4)22-20(26)13-24-14(3)7-12-18(21(24)27)23-19(25)6-2/h7-12,15H,5-6,13H2,1-4H3,(H,22,26)(H,23,25). The Morgan fingerprint density at radius 1 is 1.04 bits per heavy atom. The van der Waals surface area contributed by atoms with Crippen molar-refractivity contribution < 1.29 is 9.59 Å². The minimum Gasteiger partial charge on any atom is -0.348 e. The van der Waals surface area contributed by atoms with E-state index in [1.165, 1.54) is 10.1 Å². The molecule has 2 aromatic rings. The van der Waals surface area contributed by atoms with E-state index < -0.39 is 0 Å². The number of aryl methyl sites for hydroxylation is 2. The fourth-order valence-electron chi connectivity index (χ4n) is 2.76. The lowest BCUT2D eigenvalue weighted by Gasteiger charge is -2.17. The number of amides is 2. The lowest BCUT2D eigenvalue weighted by molar-refractivity contribution is -0.122. The van der Waals surface area contributed by atoms with Crippen LogP contribution in [0.5, 0.6) is 0 Å². The third kappa shape index (κ3) is 5.29. The van der Waals surface area contributed by atoms with Crippen LogP contribution in [0, 0.1) is 6.92 Å². The number of rotatable bonds is 7. The van der Waals surface area contributed by atoms with Crippen LogP contribution in [0.2, 0.25) is 0 Å². The van der Waals surface area contributed by atoms with Crippen LogP contribution < -0.4 is 16.2 Å². The summed E-state index contributed by atoms with van der Waals surface area (Å²) in [6.45, 7) is 7.37. The second-order valence-corrected chi connectivity index (χ2v) is 6.57. The number of benzene rings is 1. The molecule has 1 heterocycles. The predicted octanol–water partition coefficient (Wildman–Crippen LogP) is 2.95. The molecule has 1 unspecified atom stereocenters. The number of nitrogens with one attached hydrogen (secondary N) is 2. The van der Waals surface area contributed by atoms with Crippen LogP contribution in [0.4, 0.5) is 5.69 Å². The van der Waals surface area contributed by atoms with Gasteiger partial charge in [0.05, 0.1) is 6.04 Å². The number of carbonyl (C=O) groups is 2. The highest BCUT2D eigenvalue weighted by molar-refractivity contribution is 5.90. The molecule has 1 aromatic heterocycles. The maximum absolute atomic E-state index is 12.6. The second-order valence-electron chi connectivity index (χ2n) is 6.57. The van der Waals surface area contributed by atoms with Gasteiger partial charge in [-0.1, -0.05) is 38.1 Å². The van der Waals surface area contributed by atoms with Crippen LogP contribution in [-0.4, -0.2) is 16.4 Å². The topological polar surface area (TPSA) is 80.2 Å². The Morgan fingerprint density at radius 3 is 2.30 bits per heavy atom. The van der Waals surface area contributed by atoms with Crippen molar-refractivity contribution in [1.82, 2.24) is 9.88 Å². The molecule has 2 N–H and O–H groups in total. The van der Waals surface area contributed by atoms with Gasteiger partial charge in [0.25, 0.3) is 5.56 Å². The summed E-state index contributed by atoms with van der Waals surface area (Å²) in [5, 5.41) is 5.50. The zero-order chi connectivity index (χ0) is 20.0. The number of hydrogen-bond acceptors (Lipinski definition) is 3. The average molecular weight is 369 g/mol. The van der Waals surface area contributed by atoms with Crippen molar-refractivity contribution in [2.24, 2.45) is 0 Å². The maximum atomic E-state index is 12.6. The molecule has 1 aromatic carbocycles. The van der Waals surface area contributed by atoms with Crippen molar-refractivity contribution in [2.75, 3.05) is 5.32 Å².